The summed E-state index contributed by atoms with van der Waals surface area (Å²) in [5.74, 6) is 15.0. The predicted octanol–water partition coefficient (Wildman–Crippen LogP) is 8.47. The van der Waals surface area contributed by atoms with Crippen LogP contribution in [0, 0.1) is 23.7 Å². The topological polar surface area (TPSA) is 12.5 Å². The smallest absolute Gasteiger partial charge is 0.118 e. The normalized spacial score (nSPS) is 16.1. The summed E-state index contributed by atoms with van der Waals surface area (Å²) in [4.78, 5) is 2.46. The number of nitrogens with zero attached hydrogens (tertiary/aromatic N) is 1. The fraction of sp³-hybridized carbons (Fsp3) is 0.150. The molecule has 42 heavy (non-hydrogen) atoms. The molecule has 0 aliphatic carbocycles. The highest BCUT2D eigenvalue weighted by Gasteiger charge is 2.31. The molecule has 0 N–H and O–H groups in total. The Labute approximate surface area is 249 Å². The second-order valence-electron chi connectivity index (χ2n) is 10.6. The van der Waals surface area contributed by atoms with E-state index < -0.39 is 0 Å². The molecule has 0 aromatic heterocycles. The molecular formula is C40H33NO. The second kappa shape index (κ2) is 13.1. The first-order valence-electron chi connectivity index (χ1n) is 14.5. The quantitative estimate of drug-likeness (QED) is 0.206. The van der Waals surface area contributed by atoms with Gasteiger partial charge in [-0.05, 0) is 77.1 Å². The average molecular weight is 544 g/mol. The molecule has 1 fully saturated rings. The lowest BCUT2D eigenvalue weighted by Gasteiger charge is -2.24. The third-order valence-corrected chi connectivity index (χ3v) is 7.79. The van der Waals surface area contributed by atoms with Gasteiger partial charge in [-0.15, -0.1) is 0 Å². The number of ether oxygens (including phenoxy) is 1. The van der Waals surface area contributed by atoms with Gasteiger partial charge in [0.15, 0.2) is 0 Å². The lowest BCUT2D eigenvalue weighted by molar-refractivity contribution is 0.251. The number of likely N-dealkylation sites (tertiary alicyclic amines) is 1. The molecule has 2 nitrogen and oxygen atoms in total. The Morgan fingerprint density at radius 3 is 1.40 bits per heavy atom. The van der Waals surface area contributed by atoms with Crippen molar-refractivity contribution in [1.82, 2.24) is 4.90 Å². The SMILES string of the molecule is COc1ccc(CN2[C@H](C#Cc3ccc(-c4ccccc4)cc3)CC[C@H]2C#Cc2ccc(-c3ccccc3)cc2)cc1. The Morgan fingerprint density at radius 2 is 0.976 bits per heavy atom. The molecule has 0 amide bonds. The molecule has 0 bridgehead atoms. The van der Waals surface area contributed by atoms with Gasteiger partial charge in [-0.1, -0.05) is 121 Å². The van der Waals surface area contributed by atoms with Gasteiger partial charge < -0.3 is 4.74 Å². The molecule has 2 atom stereocenters. The number of rotatable bonds is 5. The van der Waals surface area contributed by atoms with E-state index in [4.69, 9.17) is 4.74 Å². The van der Waals surface area contributed by atoms with Crippen LogP contribution in [0.15, 0.2) is 133 Å². The molecule has 5 aromatic carbocycles. The Hall–Kier alpha value is -5.02. The van der Waals surface area contributed by atoms with Crippen LogP contribution in [0.1, 0.15) is 29.5 Å². The Kier molecular flexibility index (Phi) is 8.47. The molecule has 204 valence electrons. The van der Waals surface area contributed by atoms with Gasteiger partial charge in [-0.3, -0.25) is 4.90 Å². The largest absolute Gasteiger partial charge is 0.497 e. The summed E-state index contributed by atoms with van der Waals surface area (Å²) in [6, 6.07) is 46.6. The van der Waals surface area contributed by atoms with Crippen LogP contribution in [0.3, 0.4) is 0 Å². The van der Waals surface area contributed by atoms with Crippen molar-refractivity contribution in [2.45, 2.75) is 31.5 Å². The van der Waals surface area contributed by atoms with Gasteiger partial charge in [0.05, 0.1) is 19.2 Å². The highest BCUT2D eigenvalue weighted by molar-refractivity contribution is 5.65. The minimum absolute atomic E-state index is 0.139. The fourth-order valence-electron chi connectivity index (χ4n) is 5.42. The lowest BCUT2D eigenvalue weighted by Crippen LogP contribution is -2.34. The van der Waals surface area contributed by atoms with E-state index in [2.05, 4.69) is 138 Å². The molecule has 0 unspecified atom stereocenters. The monoisotopic (exact) mass is 543 g/mol. The molecule has 1 heterocycles. The van der Waals surface area contributed by atoms with Crippen molar-refractivity contribution in [1.29, 1.82) is 0 Å². The van der Waals surface area contributed by atoms with Crippen molar-refractivity contribution < 1.29 is 4.74 Å². The molecule has 1 saturated heterocycles. The molecule has 1 aliphatic heterocycles. The maximum atomic E-state index is 5.37. The van der Waals surface area contributed by atoms with E-state index in [0.29, 0.717) is 0 Å². The maximum Gasteiger partial charge on any atom is 0.118 e. The number of hydrogen-bond donors (Lipinski definition) is 0. The zero-order valence-corrected chi connectivity index (χ0v) is 23.8. The van der Waals surface area contributed by atoms with Crippen molar-refractivity contribution in [3.8, 4) is 51.7 Å². The molecule has 2 heteroatoms. The van der Waals surface area contributed by atoms with Crippen LogP contribution in [-0.4, -0.2) is 24.1 Å². The van der Waals surface area contributed by atoms with E-state index in [1.54, 1.807) is 7.11 Å². The third-order valence-electron chi connectivity index (χ3n) is 7.79. The molecule has 0 saturated carbocycles. The minimum Gasteiger partial charge on any atom is -0.497 e. The second-order valence-corrected chi connectivity index (χ2v) is 10.6. The van der Waals surface area contributed by atoms with Crippen LogP contribution >= 0.6 is 0 Å². The maximum absolute atomic E-state index is 5.37. The van der Waals surface area contributed by atoms with Gasteiger partial charge >= 0.3 is 0 Å². The van der Waals surface area contributed by atoms with Crippen molar-refractivity contribution in [2.75, 3.05) is 7.11 Å². The summed E-state index contributed by atoms with van der Waals surface area (Å²) in [5, 5.41) is 0. The van der Waals surface area contributed by atoms with Crippen LogP contribution in [0.25, 0.3) is 22.3 Å². The average Bonchev–Trinajstić information content (AvgIpc) is 3.45. The van der Waals surface area contributed by atoms with E-state index in [9.17, 15) is 0 Å². The molecule has 1 aliphatic rings. The van der Waals surface area contributed by atoms with E-state index in [1.165, 1.54) is 27.8 Å². The molecule has 0 spiro atoms. The van der Waals surface area contributed by atoms with Gasteiger partial charge in [-0.25, -0.2) is 0 Å². The summed E-state index contributed by atoms with van der Waals surface area (Å²) < 4.78 is 5.37. The molecule has 0 radical (unpaired) electrons. The zero-order chi connectivity index (χ0) is 28.6. The van der Waals surface area contributed by atoms with E-state index in [1.807, 2.05) is 24.3 Å². The fourth-order valence-corrected chi connectivity index (χ4v) is 5.42. The highest BCUT2D eigenvalue weighted by Crippen LogP contribution is 2.27. The third kappa shape index (κ3) is 6.64. The van der Waals surface area contributed by atoms with Crippen LogP contribution in [0.2, 0.25) is 0 Å². The van der Waals surface area contributed by atoms with Gasteiger partial charge in [0.25, 0.3) is 0 Å². The first-order chi connectivity index (χ1) is 20.7. The van der Waals surface area contributed by atoms with Gasteiger partial charge in [0.2, 0.25) is 0 Å². The van der Waals surface area contributed by atoms with E-state index >= 15 is 0 Å². The zero-order valence-electron chi connectivity index (χ0n) is 23.8. The summed E-state index contributed by atoms with van der Waals surface area (Å²) in [7, 11) is 1.70. The van der Waals surface area contributed by atoms with Crippen molar-refractivity contribution in [2.24, 2.45) is 0 Å². The summed E-state index contributed by atoms with van der Waals surface area (Å²) in [6.07, 6.45) is 2.00. The molecular weight excluding hydrogens is 510 g/mol. The van der Waals surface area contributed by atoms with E-state index in [0.717, 1.165) is 36.3 Å². The predicted molar refractivity (Wildman–Crippen MR) is 173 cm³/mol. The summed E-state index contributed by atoms with van der Waals surface area (Å²) >= 11 is 0. The minimum atomic E-state index is 0.139. The van der Waals surface area contributed by atoms with Gasteiger partial charge in [0.1, 0.15) is 5.75 Å². The number of methoxy groups -OCH3 is 1. The van der Waals surface area contributed by atoms with Crippen LogP contribution < -0.4 is 4.74 Å². The first kappa shape index (κ1) is 27.2. The van der Waals surface area contributed by atoms with Crippen molar-refractivity contribution in [3.05, 3.63) is 150 Å². The number of hydrogen-bond acceptors (Lipinski definition) is 2. The standard InChI is InChI=1S/C40H33NO/c1-42-40-28-18-33(19-29-40)30-41-38(24-16-31-12-20-36(21-13-31)34-8-4-2-5-9-34)26-27-39(41)25-17-32-14-22-37(23-15-32)35-10-6-3-7-11-35/h2-15,18-23,28-29,38-39H,26-27,30H2,1H3/t38-,39-/m1/s1. The Bertz CT molecular complexity index is 1610. The number of benzene rings is 5. The van der Waals surface area contributed by atoms with Crippen LogP contribution in [0.5, 0.6) is 5.75 Å². The Balaban J connectivity index is 1.21. The summed E-state index contributed by atoms with van der Waals surface area (Å²) in [6.45, 7) is 0.794. The lowest BCUT2D eigenvalue weighted by atomic mass is 10.0. The van der Waals surface area contributed by atoms with Crippen LogP contribution in [-0.2, 0) is 6.54 Å². The summed E-state index contributed by atoms with van der Waals surface area (Å²) in [5.41, 5.74) is 8.14. The molecule has 5 aromatic rings. The van der Waals surface area contributed by atoms with Crippen molar-refractivity contribution >= 4 is 0 Å². The van der Waals surface area contributed by atoms with Gasteiger partial charge in [-0.2, -0.15) is 0 Å². The Morgan fingerprint density at radius 1 is 0.548 bits per heavy atom. The van der Waals surface area contributed by atoms with Gasteiger partial charge in [0, 0.05) is 17.7 Å². The first-order valence-corrected chi connectivity index (χ1v) is 14.5. The van der Waals surface area contributed by atoms with E-state index in [-0.39, 0.29) is 12.1 Å². The molecule has 6 rings (SSSR count). The van der Waals surface area contributed by atoms with Crippen LogP contribution in [0.4, 0.5) is 0 Å². The highest BCUT2D eigenvalue weighted by atomic mass is 16.5. The van der Waals surface area contributed by atoms with Crippen molar-refractivity contribution in [3.63, 3.8) is 0 Å².